The number of carboxylic acids is 1. The second-order valence-corrected chi connectivity index (χ2v) is 8.09. The van der Waals surface area contributed by atoms with E-state index in [4.69, 9.17) is 4.74 Å². The summed E-state index contributed by atoms with van der Waals surface area (Å²) in [4.78, 5) is 15.0. The Labute approximate surface area is 163 Å². The zero-order valence-electron chi connectivity index (χ0n) is 15.3. The van der Waals surface area contributed by atoms with Crippen LogP contribution in [-0.2, 0) is 4.79 Å². The van der Waals surface area contributed by atoms with Crippen LogP contribution in [0.15, 0.2) is 54.6 Å². The molecule has 1 saturated heterocycles. The van der Waals surface area contributed by atoms with Gasteiger partial charge in [-0.05, 0) is 49.5 Å². The minimum atomic E-state index is -0.676. The molecule has 0 amide bonds. The minimum absolute atomic E-state index is 0.0771. The summed E-state index contributed by atoms with van der Waals surface area (Å²) in [6.45, 7) is 1.54. The molecule has 1 atom stereocenters. The van der Waals surface area contributed by atoms with Crippen LogP contribution in [-0.4, -0.2) is 36.2 Å². The molecule has 140 valence electrons. The quantitative estimate of drug-likeness (QED) is 0.690. The second kappa shape index (κ2) is 7.71. The first-order valence-electron chi connectivity index (χ1n) is 9.25. The number of hydrogen-bond acceptors (Lipinski definition) is 4. The van der Waals surface area contributed by atoms with Gasteiger partial charge in [0.05, 0.1) is 19.1 Å². The van der Waals surface area contributed by atoms with Gasteiger partial charge in [-0.15, -0.1) is 11.3 Å². The lowest BCUT2D eigenvalue weighted by Gasteiger charge is -2.36. The van der Waals surface area contributed by atoms with Gasteiger partial charge in [-0.3, -0.25) is 9.69 Å². The van der Waals surface area contributed by atoms with Gasteiger partial charge in [0.1, 0.15) is 5.75 Å². The summed E-state index contributed by atoms with van der Waals surface area (Å²) >= 11 is 1.81. The first-order chi connectivity index (χ1) is 13.2. The molecule has 1 unspecified atom stereocenters. The Kier molecular flexibility index (Phi) is 5.14. The zero-order chi connectivity index (χ0) is 18.8. The Bertz CT molecular complexity index is 910. The van der Waals surface area contributed by atoms with Crippen molar-refractivity contribution < 1.29 is 14.6 Å². The van der Waals surface area contributed by atoms with E-state index in [0.717, 1.165) is 24.4 Å². The number of likely N-dealkylation sites (tertiary alicyclic amines) is 1. The first-order valence-corrected chi connectivity index (χ1v) is 10.1. The number of ether oxygens (including phenoxy) is 1. The van der Waals surface area contributed by atoms with Crippen molar-refractivity contribution in [2.45, 2.75) is 18.9 Å². The maximum atomic E-state index is 11.4. The number of fused-ring (bicyclic) bond motifs is 1. The van der Waals surface area contributed by atoms with Crippen molar-refractivity contribution in [2.75, 3.05) is 20.2 Å². The van der Waals surface area contributed by atoms with E-state index in [1.54, 1.807) is 18.4 Å². The summed E-state index contributed by atoms with van der Waals surface area (Å²) in [5.74, 6) is -0.0346. The third-order valence-electron chi connectivity index (χ3n) is 5.39. The average Bonchev–Trinajstić information content (AvgIpc) is 3.12. The van der Waals surface area contributed by atoms with Crippen LogP contribution in [0.5, 0.6) is 5.75 Å². The highest BCUT2D eigenvalue weighted by Gasteiger charge is 2.32. The lowest BCUT2D eigenvalue weighted by Crippen LogP contribution is -2.39. The van der Waals surface area contributed by atoms with Crippen LogP contribution in [0.25, 0.3) is 10.1 Å². The Morgan fingerprint density at radius 3 is 2.56 bits per heavy atom. The number of carbonyl (C=O) groups is 1. The summed E-state index contributed by atoms with van der Waals surface area (Å²) in [7, 11) is 1.71. The number of para-hydroxylation sites is 1. The molecule has 2 aromatic carbocycles. The Morgan fingerprint density at radius 1 is 1.15 bits per heavy atom. The molecule has 3 aromatic rings. The first kappa shape index (κ1) is 18.0. The van der Waals surface area contributed by atoms with Crippen LogP contribution in [0, 0.1) is 5.92 Å². The van der Waals surface area contributed by atoms with E-state index in [0.29, 0.717) is 12.8 Å². The van der Waals surface area contributed by atoms with E-state index in [2.05, 4.69) is 41.3 Å². The molecule has 27 heavy (non-hydrogen) atoms. The lowest BCUT2D eigenvalue weighted by molar-refractivity contribution is -0.143. The summed E-state index contributed by atoms with van der Waals surface area (Å²) in [6.07, 6.45) is 1.37. The van der Waals surface area contributed by atoms with E-state index in [9.17, 15) is 9.90 Å². The minimum Gasteiger partial charge on any atom is -0.496 e. The molecule has 1 aliphatic rings. The Morgan fingerprint density at radius 2 is 1.85 bits per heavy atom. The fourth-order valence-corrected chi connectivity index (χ4v) is 5.18. The van der Waals surface area contributed by atoms with Crippen LogP contribution >= 0.6 is 11.3 Å². The van der Waals surface area contributed by atoms with Crippen molar-refractivity contribution >= 4 is 27.4 Å². The van der Waals surface area contributed by atoms with Crippen molar-refractivity contribution in [3.63, 3.8) is 0 Å². The molecule has 0 saturated carbocycles. The molecule has 1 fully saturated rings. The SMILES string of the molecule is COc1ccccc1C(c1cc2ccccc2s1)N1CCC(C(=O)O)CC1. The van der Waals surface area contributed by atoms with Crippen LogP contribution in [0.1, 0.15) is 29.3 Å². The molecule has 5 heteroatoms. The molecule has 2 heterocycles. The normalized spacial score (nSPS) is 17.1. The summed E-state index contributed by atoms with van der Waals surface area (Å²) in [6, 6.07) is 18.9. The number of nitrogens with zero attached hydrogens (tertiary/aromatic N) is 1. The smallest absolute Gasteiger partial charge is 0.306 e. The van der Waals surface area contributed by atoms with Gasteiger partial charge in [0.15, 0.2) is 0 Å². The lowest BCUT2D eigenvalue weighted by atomic mass is 9.93. The van der Waals surface area contributed by atoms with E-state index < -0.39 is 5.97 Å². The molecule has 1 aliphatic heterocycles. The van der Waals surface area contributed by atoms with E-state index in [1.165, 1.54) is 15.0 Å². The Balaban J connectivity index is 1.75. The summed E-state index contributed by atoms with van der Waals surface area (Å²) in [5, 5.41) is 10.6. The van der Waals surface area contributed by atoms with Gasteiger partial charge < -0.3 is 9.84 Å². The summed E-state index contributed by atoms with van der Waals surface area (Å²) in [5.41, 5.74) is 1.14. The van der Waals surface area contributed by atoms with E-state index >= 15 is 0 Å². The standard InChI is InChI=1S/C22H23NO3S/c1-26-18-8-4-3-7-17(18)21(23-12-10-15(11-13-23)22(24)25)20-14-16-6-2-5-9-19(16)27-20/h2-9,14-15,21H,10-13H2,1H3,(H,24,25). The second-order valence-electron chi connectivity index (χ2n) is 6.98. The van der Waals surface area contributed by atoms with Gasteiger partial charge in [-0.2, -0.15) is 0 Å². The van der Waals surface area contributed by atoms with E-state index in [1.807, 2.05) is 18.2 Å². The number of hydrogen-bond donors (Lipinski definition) is 1. The number of carboxylic acid groups (broad SMARTS) is 1. The predicted molar refractivity (Wildman–Crippen MR) is 109 cm³/mol. The topological polar surface area (TPSA) is 49.8 Å². The summed E-state index contributed by atoms with van der Waals surface area (Å²) < 4.78 is 6.93. The molecule has 4 rings (SSSR count). The largest absolute Gasteiger partial charge is 0.496 e. The zero-order valence-corrected chi connectivity index (χ0v) is 16.1. The number of aliphatic carboxylic acids is 1. The van der Waals surface area contributed by atoms with Gasteiger partial charge >= 0.3 is 5.97 Å². The third kappa shape index (κ3) is 3.57. The molecular formula is C22H23NO3S. The number of benzene rings is 2. The van der Waals surface area contributed by atoms with E-state index in [-0.39, 0.29) is 12.0 Å². The van der Waals surface area contributed by atoms with Gasteiger partial charge in [-0.25, -0.2) is 0 Å². The highest BCUT2D eigenvalue weighted by atomic mass is 32.1. The number of rotatable bonds is 5. The fourth-order valence-electron chi connectivity index (χ4n) is 3.96. The highest BCUT2D eigenvalue weighted by Crippen LogP contribution is 2.41. The molecule has 4 nitrogen and oxygen atoms in total. The van der Waals surface area contributed by atoms with Gasteiger partial charge in [-0.1, -0.05) is 36.4 Å². The van der Waals surface area contributed by atoms with Crippen molar-refractivity contribution in [2.24, 2.45) is 5.92 Å². The average molecular weight is 381 g/mol. The monoisotopic (exact) mass is 381 g/mol. The number of methoxy groups -OCH3 is 1. The fraction of sp³-hybridized carbons (Fsp3) is 0.318. The molecule has 0 radical (unpaired) electrons. The molecule has 0 bridgehead atoms. The number of thiophene rings is 1. The highest BCUT2D eigenvalue weighted by molar-refractivity contribution is 7.19. The van der Waals surface area contributed by atoms with Crippen LogP contribution in [0.4, 0.5) is 0 Å². The van der Waals surface area contributed by atoms with Crippen LogP contribution in [0.3, 0.4) is 0 Å². The van der Waals surface area contributed by atoms with Crippen molar-refractivity contribution in [1.29, 1.82) is 0 Å². The third-order valence-corrected chi connectivity index (χ3v) is 6.56. The molecule has 1 N–H and O–H groups in total. The van der Waals surface area contributed by atoms with Gasteiger partial charge in [0.25, 0.3) is 0 Å². The molecule has 0 aliphatic carbocycles. The van der Waals surface area contributed by atoms with Gasteiger partial charge in [0, 0.05) is 15.1 Å². The molecular weight excluding hydrogens is 358 g/mol. The molecule has 1 aromatic heterocycles. The van der Waals surface area contributed by atoms with Crippen LogP contribution in [0.2, 0.25) is 0 Å². The maximum Gasteiger partial charge on any atom is 0.306 e. The van der Waals surface area contributed by atoms with Crippen molar-refractivity contribution in [3.8, 4) is 5.75 Å². The number of piperidine rings is 1. The van der Waals surface area contributed by atoms with Crippen LogP contribution < -0.4 is 4.74 Å². The van der Waals surface area contributed by atoms with Crippen molar-refractivity contribution in [1.82, 2.24) is 4.90 Å². The van der Waals surface area contributed by atoms with Crippen molar-refractivity contribution in [3.05, 3.63) is 65.0 Å². The Hall–Kier alpha value is -2.37. The van der Waals surface area contributed by atoms with Gasteiger partial charge in [0.2, 0.25) is 0 Å². The maximum absolute atomic E-state index is 11.4. The predicted octanol–water partition coefficient (Wildman–Crippen LogP) is 4.80. The molecule has 0 spiro atoms.